The molecule has 1 aromatic heterocycles. The van der Waals surface area contributed by atoms with E-state index in [1.807, 2.05) is 50.2 Å². The third kappa shape index (κ3) is 5.42. The van der Waals surface area contributed by atoms with E-state index in [1.165, 1.54) is 17.3 Å². The van der Waals surface area contributed by atoms with E-state index >= 15 is 0 Å². The summed E-state index contributed by atoms with van der Waals surface area (Å²) in [6.07, 6.45) is 0.731. The molecule has 0 atom stereocenters. The third-order valence-corrected chi connectivity index (χ3v) is 6.24. The molecule has 2 aromatic carbocycles. The van der Waals surface area contributed by atoms with Crippen LogP contribution in [0.15, 0.2) is 58.5 Å². The van der Waals surface area contributed by atoms with Crippen molar-refractivity contribution in [1.29, 1.82) is 0 Å². The lowest BCUT2D eigenvalue weighted by Crippen LogP contribution is -2.35. The van der Waals surface area contributed by atoms with E-state index in [2.05, 4.69) is 32.3 Å². The first-order valence-corrected chi connectivity index (χ1v) is 11.3. The molecular weight excluding hydrogens is 408 g/mol. The van der Waals surface area contributed by atoms with Crippen LogP contribution < -0.4 is 10.9 Å². The number of nitrogens with zero attached hydrogens (tertiary/aromatic N) is 2. The molecular formula is C24H26N4O2S. The molecule has 1 amide bonds. The molecule has 4 rings (SSSR count). The van der Waals surface area contributed by atoms with Crippen molar-refractivity contribution in [1.82, 2.24) is 14.9 Å². The number of anilines is 1. The van der Waals surface area contributed by atoms with Gasteiger partial charge in [0.25, 0.3) is 5.56 Å². The molecule has 3 aromatic rings. The number of carbonyl (C=O) groups is 1. The van der Waals surface area contributed by atoms with Crippen LogP contribution >= 0.6 is 11.8 Å². The zero-order chi connectivity index (χ0) is 21.8. The maximum absolute atomic E-state index is 12.7. The van der Waals surface area contributed by atoms with Gasteiger partial charge in [-0.3, -0.25) is 14.5 Å². The maximum Gasteiger partial charge on any atom is 0.256 e. The van der Waals surface area contributed by atoms with Crippen LogP contribution in [0.5, 0.6) is 0 Å². The molecule has 0 aliphatic carbocycles. The van der Waals surface area contributed by atoms with Crippen molar-refractivity contribution in [2.45, 2.75) is 38.5 Å². The van der Waals surface area contributed by atoms with Crippen LogP contribution in [-0.2, 0) is 24.3 Å². The molecule has 0 fully saturated rings. The van der Waals surface area contributed by atoms with Crippen molar-refractivity contribution in [3.05, 3.63) is 86.8 Å². The van der Waals surface area contributed by atoms with Gasteiger partial charge in [-0.25, -0.2) is 4.98 Å². The number of H-pyrrole nitrogens is 1. The van der Waals surface area contributed by atoms with Gasteiger partial charge in [-0.2, -0.15) is 0 Å². The van der Waals surface area contributed by atoms with Crippen LogP contribution in [0.1, 0.15) is 27.9 Å². The van der Waals surface area contributed by atoms with Gasteiger partial charge >= 0.3 is 0 Å². The summed E-state index contributed by atoms with van der Waals surface area (Å²) in [6.45, 7) is 6.25. The van der Waals surface area contributed by atoms with Crippen LogP contribution in [-0.4, -0.2) is 33.1 Å². The van der Waals surface area contributed by atoms with E-state index in [9.17, 15) is 9.59 Å². The van der Waals surface area contributed by atoms with Crippen LogP contribution in [0.25, 0.3) is 0 Å². The van der Waals surface area contributed by atoms with Crippen LogP contribution in [0.3, 0.4) is 0 Å². The fraction of sp³-hybridized carbons (Fsp3) is 0.292. The Balaban J connectivity index is 1.37. The molecule has 31 heavy (non-hydrogen) atoms. The van der Waals surface area contributed by atoms with Gasteiger partial charge in [-0.1, -0.05) is 59.8 Å². The number of thioether (sulfide) groups is 1. The number of benzene rings is 2. The first-order chi connectivity index (χ1) is 15.0. The molecule has 2 heterocycles. The number of aryl methyl sites for hydroxylation is 2. The smallest absolute Gasteiger partial charge is 0.256 e. The van der Waals surface area contributed by atoms with Gasteiger partial charge in [0.1, 0.15) is 0 Å². The summed E-state index contributed by atoms with van der Waals surface area (Å²) in [7, 11) is 0. The molecule has 0 spiro atoms. The molecule has 1 aliphatic rings. The van der Waals surface area contributed by atoms with Gasteiger partial charge in [-0.15, -0.1) is 0 Å². The van der Waals surface area contributed by atoms with E-state index in [4.69, 9.17) is 0 Å². The summed E-state index contributed by atoms with van der Waals surface area (Å²) in [4.78, 5) is 34.7. The number of nitrogens with one attached hydrogen (secondary N) is 2. The predicted molar refractivity (Wildman–Crippen MR) is 124 cm³/mol. The normalized spacial score (nSPS) is 13.6. The predicted octanol–water partition coefficient (Wildman–Crippen LogP) is 3.68. The molecule has 160 valence electrons. The van der Waals surface area contributed by atoms with E-state index in [0.29, 0.717) is 11.7 Å². The number of fused-ring (bicyclic) bond motifs is 1. The van der Waals surface area contributed by atoms with Crippen LogP contribution in [0.2, 0.25) is 0 Å². The highest BCUT2D eigenvalue weighted by Crippen LogP contribution is 2.20. The second-order valence-electron chi connectivity index (χ2n) is 7.90. The summed E-state index contributed by atoms with van der Waals surface area (Å²) < 4.78 is 0. The lowest BCUT2D eigenvalue weighted by atomic mass is 10.1. The minimum Gasteiger partial charge on any atom is -0.325 e. The Bertz CT molecular complexity index is 1140. The van der Waals surface area contributed by atoms with E-state index in [1.54, 1.807) is 0 Å². The van der Waals surface area contributed by atoms with Crippen molar-refractivity contribution >= 4 is 23.4 Å². The van der Waals surface area contributed by atoms with Crippen molar-refractivity contribution < 1.29 is 4.79 Å². The van der Waals surface area contributed by atoms with Gasteiger partial charge in [0.2, 0.25) is 5.91 Å². The highest BCUT2D eigenvalue weighted by atomic mass is 32.2. The quantitative estimate of drug-likeness (QED) is 0.457. The molecule has 1 aliphatic heterocycles. The van der Waals surface area contributed by atoms with E-state index < -0.39 is 0 Å². The number of aromatic amines is 1. The summed E-state index contributed by atoms with van der Waals surface area (Å²) in [5.74, 6) is 0.0705. The monoisotopic (exact) mass is 434 g/mol. The standard InChI is InChI=1S/C24H26N4O2S/c1-16-8-9-20(17(2)12-16)25-22(29)15-31-24-26-21-10-11-28(14-19(21)23(30)27-24)13-18-6-4-3-5-7-18/h3-9,12H,10-11,13-15H2,1-2H3,(H,25,29)(H,26,27,30). The lowest BCUT2D eigenvalue weighted by Gasteiger charge is -2.27. The Labute approximate surface area is 186 Å². The summed E-state index contributed by atoms with van der Waals surface area (Å²) in [5.41, 5.74) is 5.68. The van der Waals surface area contributed by atoms with Crippen LogP contribution in [0, 0.1) is 13.8 Å². The molecule has 0 radical (unpaired) electrons. The maximum atomic E-state index is 12.7. The SMILES string of the molecule is Cc1ccc(NC(=O)CSc2nc3c(c(=O)[nH]2)CN(Cc2ccccc2)CC3)c(C)c1. The minimum atomic E-state index is -0.119. The topological polar surface area (TPSA) is 78.1 Å². The number of hydrogen-bond donors (Lipinski definition) is 2. The van der Waals surface area contributed by atoms with Gasteiger partial charge in [-0.05, 0) is 31.0 Å². The number of hydrogen-bond acceptors (Lipinski definition) is 5. The fourth-order valence-corrected chi connectivity index (χ4v) is 4.46. The number of aromatic nitrogens is 2. The third-order valence-electron chi connectivity index (χ3n) is 5.37. The lowest BCUT2D eigenvalue weighted by molar-refractivity contribution is -0.113. The summed E-state index contributed by atoms with van der Waals surface area (Å²) in [5, 5.41) is 3.42. The van der Waals surface area contributed by atoms with Crippen molar-refractivity contribution in [3.8, 4) is 0 Å². The zero-order valence-electron chi connectivity index (χ0n) is 17.8. The molecule has 2 N–H and O–H groups in total. The Morgan fingerprint density at radius 3 is 2.77 bits per heavy atom. The molecule has 0 saturated carbocycles. The van der Waals surface area contributed by atoms with Gasteiger partial charge in [0.05, 0.1) is 17.0 Å². The average Bonchev–Trinajstić information content (AvgIpc) is 2.75. The average molecular weight is 435 g/mol. The Kier molecular flexibility index (Phi) is 6.53. The first-order valence-electron chi connectivity index (χ1n) is 10.4. The first kappa shape index (κ1) is 21.3. The number of rotatable bonds is 6. The van der Waals surface area contributed by atoms with E-state index in [-0.39, 0.29) is 17.2 Å². The fourth-order valence-electron chi connectivity index (χ4n) is 3.78. The second kappa shape index (κ2) is 9.49. The molecule has 0 bridgehead atoms. The molecule has 0 saturated heterocycles. The summed E-state index contributed by atoms with van der Waals surface area (Å²) in [6, 6.07) is 16.2. The van der Waals surface area contributed by atoms with E-state index in [0.717, 1.165) is 47.6 Å². The van der Waals surface area contributed by atoms with Crippen molar-refractivity contribution in [2.75, 3.05) is 17.6 Å². The van der Waals surface area contributed by atoms with Crippen molar-refractivity contribution in [2.24, 2.45) is 0 Å². The summed E-state index contributed by atoms with van der Waals surface area (Å²) >= 11 is 1.25. The van der Waals surface area contributed by atoms with Crippen molar-refractivity contribution in [3.63, 3.8) is 0 Å². The molecule has 6 nitrogen and oxygen atoms in total. The van der Waals surface area contributed by atoms with Gasteiger partial charge in [0, 0.05) is 31.7 Å². The molecule has 7 heteroatoms. The second-order valence-corrected chi connectivity index (χ2v) is 8.86. The van der Waals surface area contributed by atoms with Gasteiger partial charge in [0.15, 0.2) is 5.16 Å². The van der Waals surface area contributed by atoms with Gasteiger partial charge < -0.3 is 10.3 Å². The Morgan fingerprint density at radius 2 is 2.00 bits per heavy atom. The minimum absolute atomic E-state index is 0.111. The largest absolute Gasteiger partial charge is 0.325 e. The zero-order valence-corrected chi connectivity index (χ0v) is 18.6. The highest BCUT2D eigenvalue weighted by Gasteiger charge is 2.21. The Morgan fingerprint density at radius 1 is 1.19 bits per heavy atom. The number of amides is 1. The molecule has 0 unspecified atom stereocenters. The highest BCUT2D eigenvalue weighted by molar-refractivity contribution is 7.99. The van der Waals surface area contributed by atoms with Crippen LogP contribution in [0.4, 0.5) is 5.69 Å². The Hall–Kier alpha value is -2.90. The number of carbonyl (C=O) groups excluding carboxylic acids is 1.